The smallest absolute Gasteiger partial charge is 0.227 e. The van der Waals surface area contributed by atoms with E-state index in [0.717, 1.165) is 29.3 Å². The van der Waals surface area contributed by atoms with E-state index in [1.165, 1.54) is 16.2 Å². The minimum absolute atomic E-state index is 0. The molecule has 0 aliphatic carbocycles. The molecule has 130 valence electrons. The van der Waals surface area contributed by atoms with Crippen LogP contribution in [0, 0.1) is 0 Å². The molecule has 0 saturated carbocycles. The Morgan fingerprint density at radius 3 is 2.88 bits per heavy atom. The molecule has 8 heteroatoms. The Kier molecular flexibility index (Phi) is 7.90. The van der Waals surface area contributed by atoms with Crippen LogP contribution in [-0.4, -0.2) is 41.2 Å². The second kappa shape index (κ2) is 9.68. The lowest BCUT2D eigenvalue weighted by Crippen LogP contribution is -2.39. The van der Waals surface area contributed by atoms with E-state index in [-0.39, 0.29) is 24.4 Å². The number of carbonyl (C=O) groups excluding carboxylic acids is 1. The van der Waals surface area contributed by atoms with Crippen molar-refractivity contribution in [1.29, 1.82) is 0 Å². The molecule has 0 radical (unpaired) electrons. The van der Waals surface area contributed by atoms with Crippen molar-refractivity contribution < 1.29 is 4.79 Å². The summed E-state index contributed by atoms with van der Waals surface area (Å²) in [6.07, 6.45) is 2.56. The predicted octanol–water partition coefficient (Wildman–Crippen LogP) is 3.99. The van der Waals surface area contributed by atoms with Crippen molar-refractivity contribution in [2.24, 2.45) is 0 Å². The van der Waals surface area contributed by atoms with E-state index in [9.17, 15) is 4.79 Å². The molecule has 1 aromatic heterocycles. The van der Waals surface area contributed by atoms with Gasteiger partial charge in [0.1, 0.15) is 0 Å². The van der Waals surface area contributed by atoms with E-state index in [2.05, 4.69) is 46.1 Å². The molecule has 4 nitrogen and oxygen atoms in total. The van der Waals surface area contributed by atoms with Crippen LogP contribution in [0.25, 0.3) is 11.3 Å². The molecule has 0 spiro atoms. The molecule has 2 N–H and O–H groups in total. The molecular formula is C16H20ClN3OS3. The minimum Gasteiger partial charge on any atom is -0.312 e. The molecule has 1 saturated heterocycles. The summed E-state index contributed by atoms with van der Waals surface area (Å²) >= 11 is 5.09. The van der Waals surface area contributed by atoms with Crippen LogP contribution in [-0.2, 0) is 4.79 Å². The topological polar surface area (TPSA) is 54.0 Å². The zero-order valence-corrected chi connectivity index (χ0v) is 16.5. The Bertz CT molecular complexity index is 657. The van der Waals surface area contributed by atoms with E-state index in [1.54, 1.807) is 11.8 Å². The van der Waals surface area contributed by atoms with Crippen molar-refractivity contribution in [2.45, 2.75) is 17.4 Å². The number of amides is 1. The average molecular weight is 402 g/mol. The fourth-order valence-electron chi connectivity index (χ4n) is 2.37. The Morgan fingerprint density at radius 1 is 1.42 bits per heavy atom. The number of carbonyl (C=O) groups is 1. The number of hydrogen-bond acceptors (Lipinski definition) is 6. The van der Waals surface area contributed by atoms with Crippen molar-refractivity contribution in [3.63, 3.8) is 0 Å². The van der Waals surface area contributed by atoms with Crippen LogP contribution in [0.5, 0.6) is 0 Å². The monoisotopic (exact) mass is 401 g/mol. The third-order valence-corrected chi connectivity index (χ3v) is 6.20. The quantitative estimate of drug-likeness (QED) is 0.742. The Morgan fingerprint density at radius 2 is 2.21 bits per heavy atom. The van der Waals surface area contributed by atoms with E-state index in [1.807, 2.05) is 17.1 Å². The number of benzene rings is 1. The average Bonchev–Trinajstić information content (AvgIpc) is 3.04. The Hall–Kier alpha value is -0.730. The van der Waals surface area contributed by atoms with Gasteiger partial charge in [0, 0.05) is 46.4 Å². The lowest BCUT2D eigenvalue weighted by atomic mass is 10.2. The third kappa shape index (κ3) is 5.39. The van der Waals surface area contributed by atoms with E-state index in [0.29, 0.717) is 11.6 Å². The number of halogens is 1. The lowest BCUT2D eigenvalue weighted by molar-refractivity contribution is -0.116. The highest BCUT2D eigenvalue weighted by Gasteiger charge is 2.17. The summed E-state index contributed by atoms with van der Waals surface area (Å²) in [5.41, 5.74) is 1.98. The minimum atomic E-state index is 0. The number of rotatable bonds is 5. The molecule has 1 atom stereocenters. The van der Waals surface area contributed by atoms with Crippen LogP contribution in [0.1, 0.15) is 6.42 Å². The summed E-state index contributed by atoms with van der Waals surface area (Å²) in [5.74, 6) is 2.16. The van der Waals surface area contributed by atoms with Crippen LogP contribution in [0.15, 0.2) is 34.5 Å². The largest absolute Gasteiger partial charge is 0.312 e. The van der Waals surface area contributed by atoms with Crippen LogP contribution in [0.3, 0.4) is 0 Å². The first-order chi connectivity index (χ1) is 11.2. The van der Waals surface area contributed by atoms with Gasteiger partial charge in [-0.25, -0.2) is 4.98 Å². The Balaban J connectivity index is 0.00000208. The summed E-state index contributed by atoms with van der Waals surface area (Å²) in [7, 11) is 0. The van der Waals surface area contributed by atoms with Crippen LogP contribution in [0.4, 0.5) is 5.13 Å². The summed E-state index contributed by atoms with van der Waals surface area (Å²) < 4.78 is 0. The van der Waals surface area contributed by atoms with Crippen molar-refractivity contribution >= 4 is 58.3 Å². The SMILES string of the molecule is CSc1ccc(-c2csc(NC(=O)CC3CSCCN3)n2)cc1.Cl. The van der Waals surface area contributed by atoms with E-state index >= 15 is 0 Å². The van der Waals surface area contributed by atoms with Gasteiger partial charge in [-0.3, -0.25) is 4.79 Å². The van der Waals surface area contributed by atoms with Gasteiger partial charge in [-0.15, -0.1) is 35.5 Å². The van der Waals surface area contributed by atoms with Crippen molar-refractivity contribution in [3.8, 4) is 11.3 Å². The summed E-state index contributed by atoms with van der Waals surface area (Å²) in [5, 5.41) is 8.95. The molecule has 2 heterocycles. The number of thiazole rings is 1. The summed E-state index contributed by atoms with van der Waals surface area (Å²) in [6.45, 7) is 0.982. The molecule has 1 unspecified atom stereocenters. The number of aromatic nitrogens is 1. The van der Waals surface area contributed by atoms with Crippen LogP contribution >= 0.6 is 47.3 Å². The molecular weight excluding hydrogens is 382 g/mol. The zero-order valence-electron chi connectivity index (χ0n) is 13.3. The maximum Gasteiger partial charge on any atom is 0.227 e. The molecule has 2 aromatic rings. The molecule has 1 fully saturated rings. The maximum absolute atomic E-state index is 12.1. The van der Waals surface area contributed by atoms with Crippen molar-refractivity contribution in [1.82, 2.24) is 10.3 Å². The van der Waals surface area contributed by atoms with E-state index in [4.69, 9.17) is 0 Å². The first kappa shape index (κ1) is 19.6. The number of anilines is 1. The molecule has 1 aliphatic rings. The standard InChI is InChI=1S/C16H19N3OS3.ClH/c1-21-13-4-2-11(3-5-13)14-10-23-16(18-14)19-15(20)8-12-9-22-7-6-17-12;/h2-5,10,12,17H,6-9H2,1H3,(H,18,19,20);1H. The number of nitrogens with zero attached hydrogens (tertiary/aromatic N) is 1. The summed E-state index contributed by atoms with van der Waals surface area (Å²) in [4.78, 5) is 17.9. The van der Waals surface area contributed by atoms with Gasteiger partial charge in [-0.05, 0) is 18.4 Å². The second-order valence-corrected chi connectivity index (χ2v) is 8.13. The molecule has 0 bridgehead atoms. The number of nitrogens with one attached hydrogen (secondary N) is 2. The van der Waals surface area contributed by atoms with Gasteiger partial charge in [0.15, 0.2) is 5.13 Å². The highest BCUT2D eigenvalue weighted by atomic mass is 35.5. The molecule has 1 amide bonds. The van der Waals surface area contributed by atoms with Crippen LogP contribution in [0.2, 0.25) is 0 Å². The number of hydrogen-bond donors (Lipinski definition) is 2. The molecule has 3 rings (SSSR count). The molecule has 24 heavy (non-hydrogen) atoms. The lowest BCUT2D eigenvalue weighted by Gasteiger charge is -2.22. The fourth-order valence-corrected chi connectivity index (χ4v) is 4.46. The first-order valence-electron chi connectivity index (χ1n) is 7.45. The second-order valence-electron chi connectivity index (χ2n) is 5.24. The van der Waals surface area contributed by atoms with Gasteiger partial charge < -0.3 is 10.6 Å². The highest BCUT2D eigenvalue weighted by molar-refractivity contribution is 7.99. The van der Waals surface area contributed by atoms with Gasteiger partial charge in [-0.2, -0.15) is 11.8 Å². The third-order valence-electron chi connectivity index (χ3n) is 3.57. The van der Waals surface area contributed by atoms with Gasteiger partial charge in [0.2, 0.25) is 5.91 Å². The predicted molar refractivity (Wildman–Crippen MR) is 109 cm³/mol. The van der Waals surface area contributed by atoms with E-state index < -0.39 is 0 Å². The van der Waals surface area contributed by atoms with Gasteiger partial charge in [-0.1, -0.05) is 12.1 Å². The summed E-state index contributed by atoms with van der Waals surface area (Å²) in [6, 6.07) is 8.58. The molecule has 1 aromatic carbocycles. The highest BCUT2D eigenvalue weighted by Crippen LogP contribution is 2.27. The number of thioether (sulfide) groups is 2. The Labute approximate surface area is 161 Å². The van der Waals surface area contributed by atoms with Gasteiger partial charge >= 0.3 is 0 Å². The zero-order chi connectivity index (χ0) is 16.1. The van der Waals surface area contributed by atoms with Crippen LogP contribution < -0.4 is 10.6 Å². The normalized spacial score (nSPS) is 17.1. The fraction of sp³-hybridized carbons (Fsp3) is 0.375. The van der Waals surface area contributed by atoms with Gasteiger partial charge in [0.05, 0.1) is 5.69 Å². The maximum atomic E-state index is 12.1. The van der Waals surface area contributed by atoms with Gasteiger partial charge in [0.25, 0.3) is 0 Å². The van der Waals surface area contributed by atoms with Crippen molar-refractivity contribution in [2.75, 3.05) is 29.6 Å². The molecule has 1 aliphatic heterocycles. The van der Waals surface area contributed by atoms with Crippen molar-refractivity contribution in [3.05, 3.63) is 29.6 Å². The first-order valence-corrected chi connectivity index (χ1v) is 10.7.